The fourth-order valence-electron chi connectivity index (χ4n) is 4.73. The largest absolute Gasteiger partial charge is 0.398 e. The number of hydrogen-bond acceptors (Lipinski definition) is 3. The lowest BCUT2D eigenvalue weighted by Crippen LogP contribution is -2.30. The quantitative estimate of drug-likeness (QED) is 0.481. The smallest absolute Gasteiger partial charge is 0.255 e. The maximum absolute atomic E-state index is 12.9. The van der Waals surface area contributed by atoms with Gasteiger partial charge in [-0.2, -0.15) is 0 Å². The van der Waals surface area contributed by atoms with Gasteiger partial charge in [0.2, 0.25) is 0 Å². The zero-order chi connectivity index (χ0) is 22.5. The van der Waals surface area contributed by atoms with Crippen molar-refractivity contribution in [3.05, 3.63) is 94.3 Å². The molecule has 4 rings (SSSR count). The first-order chi connectivity index (χ1) is 15.5. The number of carbonyl (C=O) groups excluding carboxylic acids is 1. The summed E-state index contributed by atoms with van der Waals surface area (Å²) in [6.07, 6.45) is 7.41. The number of hydrogen-bond donors (Lipinski definition) is 1. The van der Waals surface area contributed by atoms with Crippen molar-refractivity contribution >= 4 is 23.2 Å². The van der Waals surface area contributed by atoms with Crippen molar-refractivity contribution < 1.29 is 4.79 Å². The van der Waals surface area contributed by atoms with Crippen LogP contribution in [0.25, 0.3) is 0 Å². The Bertz CT molecular complexity index is 1070. The van der Waals surface area contributed by atoms with Gasteiger partial charge in [-0.1, -0.05) is 41.9 Å². The maximum Gasteiger partial charge on any atom is 0.255 e. The minimum atomic E-state index is 0.0839. The van der Waals surface area contributed by atoms with Crippen LogP contribution in [0, 0.1) is 18.8 Å². The zero-order valence-corrected chi connectivity index (χ0v) is 19.3. The Morgan fingerprint density at radius 3 is 2.81 bits per heavy atom. The third kappa shape index (κ3) is 5.31. The molecular weight excluding hydrogens is 418 g/mol. The fourth-order valence-corrected chi connectivity index (χ4v) is 4.94. The van der Waals surface area contributed by atoms with Gasteiger partial charge in [0.25, 0.3) is 5.91 Å². The molecule has 32 heavy (non-hydrogen) atoms. The first-order valence-electron chi connectivity index (χ1n) is 11.3. The Hall–Kier alpha value is -2.85. The van der Waals surface area contributed by atoms with Crippen molar-refractivity contribution in [3.63, 3.8) is 0 Å². The van der Waals surface area contributed by atoms with Crippen LogP contribution in [0.15, 0.2) is 67.0 Å². The Morgan fingerprint density at radius 2 is 2.06 bits per heavy atom. The van der Waals surface area contributed by atoms with Crippen LogP contribution in [-0.2, 0) is 12.8 Å². The molecule has 0 saturated carbocycles. The lowest BCUT2D eigenvalue weighted by Gasteiger charge is -2.25. The van der Waals surface area contributed by atoms with Gasteiger partial charge in [-0.25, -0.2) is 0 Å². The van der Waals surface area contributed by atoms with Crippen molar-refractivity contribution in [1.29, 1.82) is 0 Å². The monoisotopic (exact) mass is 447 g/mol. The second-order valence-corrected chi connectivity index (χ2v) is 9.23. The van der Waals surface area contributed by atoms with Gasteiger partial charge < -0.3 is 10.6 Å². The molecule has 1 aliphatic heterocycles. The lowest BCUT2D eigenvalue weighted by atomic mass is 9.81. The molecule has 2 unspecified atom stereocenters. The standard InChI is InChI=1S/C27H30ClN3O/c1-19-5-2-3-6-21(19)16-22(10-8-20-9-11-26(29)25(28)15-20)24-12-14-31(18-24)27(32)23-7-4-13-30-17-23/h2-7,9,11,13,15,17,22,24H,8,10,12,14,16,18,29H2,1H3. The number of benzene rings is 2. The van der Waals surface area contributed by atoms with E-state index in [1.165, 1.54) is 16.7 Å². The van der Waals surface area contributed by atoms with Gasteiger partial charge in [0.1, 0.15) is 0 Å². The third-order valence-electron chi connectivity index (χ3n) is 6.70. The number of aromatic nitrogens is 1. The molecule has 1 fully saturated rings. The zero-order valence-electron chi connectivity index (χ0n) is 18.5. The number of halogens is 1. The van der Waals surface area contributed by atoms with Crippen LogP contribution in [0.4, 0.5) is 5.69 Å². The Labute approximate surface area is 195 Å². The van der Waals surface area contributed by atoms with Crippen molar-refractivity contribution in [3.8, 4) is 0 Å². The number of nitrogen functional groups attached to an aromatic ring is 1. The van der Waals surface area contributed by atoms with E-state index in [1.807, 2.05) is 29.2 Å². The van der Waals surface area contributed by atoms with E-state index < -0.39 is 0 Å². The Morgan fingerprint density at radius 1 is 1.22 bits per heavy atom. The Balaban J connectivity index is 1.49. The van der Waals surface area contributed by atoms with Crippen LogP contribution in [0.5, 0.6) is 0 Å². The summed E-state index contributed by atoms with van der Waals surface area (Å²) in [5.41, 5.74) is 11.1. The van der Waals surface area contributed by atoms with Gasteiger partial charge in [0.15, 0.2) is 0 Å². The number of nitrogens with zero attached hydrogens (tertiary/aromatic N) is 2. The molecule has 0 bridgehead atoms. The SMILES string of the molecule is Cc1ccccc1CC(CCc1ccc(N)c(Cl)c1)C1CCN(C(=O)c2cccnc2)C1. The molecule has 1 aliphatic rings. The number of anilines is 1. The minimum Gasteiger partial charge on any atom is -0.398 e. The summed E-state index contributed by atoms with van der Waals surface area (Å²) in [6.45, 7) is 3.78. The normalized spacial score (nSPS) is 16.8. The summed E-state index contributed by atoms with van der Waals surface area (Å²) in [7, 11) is 0. The van der Waals surface area contributed by atoms with E-state index in [4.69, 9.17) is 17.3 Å². The third-order valence-corrected chi connectivity index (χ3v) is 7.03. The molecule has 0 spiro atoms. The van der Waals surface area contributed by atoms with Crippen LogP contribution in [-0.4, -0.2) is 28.9 Å². The minimum absolute atomic E-state index is 0.0839. The number of nitrogens with two attached hydrogens (primary N) is 1. The predicted molar refractivity (Wildman–Crippen MR) is 131 cm³/mol. The first-order valence-corrected chi connectivity index (χ1v) is 11.7. The molecule has 2 heterocycles. The number of carbonyl (C=O) groups is 1. The van der Waals surface area contributed by atoms with Gasteiger partial charge in [0.05, 0.1) is 16.3 Å². The molecule has 2 N–H and O–H groups in total. The maximum atomic E-state index is 12.9. The highest BCUT2D eigenvalue weighted by atomic mass is 35.5. The summed E-state index contributed by atoms with van der Waals surface area (Å²) < 4.78 is 0. The highest BCUT2D eigenvalue weighted by Gasteiger charge is 2.32. The molecule has 2 atom stereocenters. The number of likely N-dealkylation sites (tertiary alicyclic amines) is 1. The molecule has 5 heteroatoms. The van der Waals surface area contributed by atoms with Crippen LogP contribution in [0.1, 0.15) is 39.9 Å². The van der Waals surface area contributed by atoms with E-state index in [0.717, 1.165) is 38.8 Å². The van der Waals surface area contributed by atoms with Crippen molar-refractivity contribution in [1.82, 2.24) is 9.88 Å². The first kappa shape index (κ1) is 22.3. The molecule has 4 nitrogen and oxygen atoms in total. The summed E-state index contributed by atoms with van der Waals surface area (Å²) in [6, 6.07) is 18.2. The second-order valence-electron chi connectivity index (χ2n) is 8.83. The summed E-state index contributed by atoms with van der Waals surface area (Å²) in [5, 5.41) is 0.618. The van der Waals surface area contributed by atoms with E-state index in [1.54, 1.807) is 12.4 Å². The predicted octanol–water partition coefficient (Wildman–Crippen LogP) is 5.58. The van der Waals surface area contributed by atoms with Crippen molar-refractivity contribution in [2.75, 3.05) is 18.8 Å². The number of amides is 1. The van der Waals surface area contributed by atoms with Crippen LogP contribution in [0.2, 0.25) is 5.02 Å². The number of pyridine rings is 1. The van der Waals surface area contributed by atoms with Gasteiger partial charge >= 0.3 is 0 Å². The van der Waals surface area contributed by atoms with Crippen LogP contribution in [0.3, 0.4) is 0 Å². The van der Waals surface area contributed by atoms with Crippen molar-refractivity contribution in [2.24, 2.45) is 11.8 Å². The molecule has 3 aromatic rings. The molecule has 0 radical (unpaired) electrons. The topological polar surface area (TPSA) is 59.2 Å². The average molecular weight is 448 g/mol. The molecule has 1 saturated heterocycles. The van der Waals surface area contributed by atoms with E-state index in [9.17, 15) is 4.79 Å². The molecule has 1 aromatic heterocycles. The highest BCUT2D eigenvalue weighted by molar-refractivity contribution is 6.33. The van der Waals surface area contributed by atoms with E-state index in [2.05, 4.69) is 42.2 Å². The number of aryl methyl sites for hydroxylation is 2. The fraction of sp³-hybridized carbons (Fsp3) is 0.333. The van der Waals surface area contributed by atoms with Gasteiger partial charge in [0, 0.05) is 25.5 Å². The van der Waals surface area contributed by atoms with Crippen LogP contribution >= 0.6 is 11.6 Å². The van der Waals surface area contributed by atoms with Gasteiger partial charge in [-0.15, -0.1) is 0 Å². The second kappa shape index (κ2) is 10.2. The molecule has 166 valence electrons. The Kier molecular flexibility index (Phi) is 7.11. The summed E-state index contributed by atoms with van der Waals surface area (Å²) in [4.78, 5) is 19.0. The van der Waals surface area contributed by atoms with E-state index >= 15 is 0 Å². The van der Waals surface area contributed by atoms with Gasteiger partial charge in [-0.3, -0.25) is 9.78 Å². The molecule has 1 amide bonds. The molecule has 2 aromatic carbocycles. The van der Waals surface area contributed by atoms with E-state index in [0.29, 0.717) is 28.1 Å². The molecular formula is C27H30ClN3O. The summed E-state index contributed by atoms with van der Waals surface area (Å²) >= 11 is 6.24. The van der Waals surface area contributed by atoms with Gasteiger partial charge in [-0.05, 0) is 85.4 Å². The molecule has 0 aliphatic carbocycles. The highest BCUT2D eigenvalue weighted by Crippen LogP contribution is 2.32. The number of rotatable bonds is 7. The lowest BCUT2D eigenvalue weighted by molar-refractivity contribution is 0.0781. The van der Waals surface area contributed by atoms with E-state index in [-0.39, 0.29) is 5.91 Å². The average Bonchev–Trinajstić information content (AvgIpc) is 3.30. The van der Waals surface area contributed by atoms with Crippen molar-refractivity contribution in [2.45, 2.75) is 32.6 Å². The summed E-state index contributed by atoms with van der Waals surface area (Å²) in [5.74, 6) is 1.04. The van der Waals surface area contributed by atoms with Crippen LogP contribution < -0.4 is 5.73 Å².